The highest BCUT2D eigenvalue weighted by Gasteiger charge is 2.43. The van der Waals surface area contributed by atoms with Gasteiger partial charge < -0.3 is 35.2 Å². The van der Waals surface area contributed by atoms with E-state index >= 15 is 0 Å². The number of amides is 3. The zero-order chi connectivity index (χ0) is 32.4. The molecule has 0 saturated carbocycles. The molecule has 0 spiro atoms. The fourth-order valence-electron chi connectivity index (χ4n) is 4.36. The summed E-state index contributed by atoms with van der Waals surface area (Å²) in [7, 11) is 0. The summed E-state index contributed by atoms with van der Waals surface area (Å²) in [6.07, 6.45) is -0.415. The van der Waals surface area contributed by atoms with Crippen molar-refractivity contribution in [3.05, 3.63) is 59.7 Å². The number of phenolic OH excluding ortho intramolecular Hbond substituents is 2. The quantitative estimate of drug-likeness (QED) is 0.248. The average molecular weight is 600 g/mol. The van der Waals surface area contributed by atoms with Crippen LogP contribution in [0.5, 0.6) is 11.5 Å². The number of carbonyl (C=O) groups is 4. The molecule has 3 amide bonds. The van der Waals surface area contributed by atoms with Crippen LogP contribution in [-0.4, -0.2) is 69.3 Å². The van der Waals surface area contributed by atoms with Crippen LogP contribution < -0.4 is 10.6 Å². The molecule has 0 fully saturated rings. The summed E-state index contributed by atoms with van der Waals surface area (Å²) in [6, 6.07) is 9.86. The van der Waals surface area contributed by atoms with Crippen LogP contribution >= 0.6 is 0 Å². The summed E-state index contributed by atoms with van der Waals surface area (Å²) in [5.41, 5.74) is -0.769. The predicted octanol–water partition coefficient (Wildman–Crippen LogP) is 4.36. The molecular weight excluding hydrogens is 554 g/mol. The molecular formula is C32H45N3O8. The van der Waals surface area contributed by atoms with Crippen LogP contribution in [0.25, 0.3) is 0 Å². The lowest BCUT2D eigenvalue weighted by Crippen LogP contribution is -2.60. The summed E-state index contributed by atoms with van der Waals surface area (Å²) in [4.78, 5) is 54.7. The van der Waals surface area contributed by atoms with Gasteiger partial charge in [0.25, 0.3) is 0 Å². The van der Waals surface area contributed by atoms with Gasteiger partial charge in [-0.25, -0.2) is 4.79 Å². The second-order valence-corrected chi connectivity index (χ2v) is 11.8. The molecule has 0 bridgehead atoms. The van der Waals surface area contributed by atoms with Gasteiger partial charge >= 0.3 is 12.1 Å². The van der Waals surface area contributed by atoms with E-state index in [1.807, 2.05) is 6.92 Å². The Labute approximate surface area is 253 Å². The lowest BCUT2D eigenvalue weighted by Gasteiger charge is -2.44. The van der Waals surface area contributed by atoms with Crippen molar-refractivity contribution < 1.29 is 38.9 Å². The molecule has 11 heteroatoms. The first-order chi connectivity index (χ1) is 20.1. The van der Waals surface area contributed by atoms with Gasteiger partial charge in [-0.3, -0.25) is 14.4 Å². The third-order valence-corrected chi connectivity index (χ3v) is 6.75. The van der Waals surface area contributed by atoms with E-state index in [1.165, 1.54) is 29.2 Å². The van der Waals surface area contributed by atoms with Gasteiger partial charge in [0, 0.05) is 18.5 Å². The van der Waals surface area contributed by atoms with Crippen LogP contribution in [0.3, 0.4) is 0 Å². The predicted molar refractivity (Wildman–Crippen MR) is 161 cm³/mol. The number of aromatic hydroxyl groups is 2. The summed E-state index contributed by atoms with van der Waals surface area (Å²) >= 11 is 0. The van der Waals surface area contributed by atoms with Crippen LogP contribution in [0.1, 0.15) is 78.5 Å². The minimum absolute atomic E-state index is 0.0331. The molecule has 2 aromatic rings. The van der Waals surface area contributed by atoms with Gasteiger partial charge in [-0.15, -0.1) is 0 Å². The van der Waals surface area contributed by atoms with Crippen molar-refractivity contribution in [2.24, 2.45) is 0 Å². The van der Waals surface area contributed by atoms with Crippen molar-refractivity contribution in [3.8, 4) is 11.5 Å². The van der Waals surface area contributed by atoms with Gasteiger partial charge in [0.05, 0.1) is 13.0 Å². The zero-order valence-corrected chi connectivity index (χ0v) is 26.1. The molecule has 4 N–H and O–H groups in total. The summed E-state index contributed by atoms with van der Waals surface area (Å²) in [5, 5.41) is 25.5. The maximum atomic E-state index is 14.6. The minimum atomic E-state index is -1.24. The maximum absolute atomic E-state index is 14.6. The van der Waals surface area contributed by atoms with Gasteiger partial charge in [0.1, 0.15) is 29.2 Å². The Morgan fingerprint density at radius 3 is 2.14 bits per heavy atom. The molecule has 2 unspecified atom stereocenters. The van der Waals surface area contributed by atoms with E-state index in [0.29, 0.717) is 17.5 Å². The monoisotopic (exact) mass is 599 g/mol. The van der Waals surface area contributed by atoms with E-state index in [2.05, 4.69) is 10.6 Å². The number of rotatable bonds is 13. The fourth-order valence-corrected chi connectivity index (χ4v) is 4.36. The number of hydrogen-bond donors (Lipinski definition) is 4. The lowest BCUT2D eigenvalue weighted by molar-refractivity contribution is -0.149. The van der Waals surface area contributed by atoms with E-state index in [-0.39, 0.29) is 37.5 Å². The molecule has 11 nitrogen and oxygen atoms in total. The highest BCUT2D eigenvalue weighted by atomic mass is 16.6. The number of hydrogen-bond acceptors (Lipinski definition) is 8. The van der Waals surface area contributed by atoms with Crippen molar-refractivity contribution in [1.82, 2.24) is 15.5 Å². The summed E-state index contributed by atoms with van der Waals surface area (Å²) in [5.74, 6) is -1.68. The average Bonchev–Trinajstić information content (AvgIpc) is 2.91. The zero-order valence-electron chi connectivity index (χ0n) is 26.1. The highest BCUT2D eigenvalue weighted by Crippen LogP contribution is 2.33. The van der Waals surface area contributed by atoms with E-state index in [9.17, 15) is 29.4 Å². The number of phenols is 2. The van der Waals surface area contributed by atoms with Gasteiger partial charge in [-0.1, -0.05) is 31.2 Å². The maximum Gasteiger partial charge on any atom is 0.408 e. The van der Waals surface area contributed by atoms with E-state index < -0.39 is 47.1 Å². The van der Waals surface area contributed by atoms with Crippen LogP contribution in [-0.2, 0) is 30.3 Å². The first-order valence-electron chi connectivity index (χ1n) is 14.4. The molecule has 0 aliphatic rings. The Morgan fingerprint density at radius 2 is 1.58 bits per heavy atom. The molecule has 0 aromatic heterocycles. The van der Waals surface area contributed by atoms with Gasteiger partial charge in [0.15, 0.2) is 0 Å². The Kier molecular flexibility index (Phi) is 12.4. The summed E-state index contributed by atoms with van der Waals surface area (Å²) in [6.45, 7) is 12.4. The molecule has 0 aliphatic heterocycles. The van der Waals surface area contributed by atoms with Gasteiger partial charge in [-0.05, 0) is 83.4 Å². The summed E-state index contributed by atoms with van der Waals surface area (Å²) < 4.78 is 10.4. The Morgan fingerprint density at radius 1 is 0.930 bits per heavy atom. The normalized spacial score (nSPS) is 12.9. The first kappa shape index (κ1) is 34.9. The van der Waals surface area contributed by atoms with E-state index in [4.69, 9.17) is 9.47 Å². The molecule has 43 heavy (non-hydrogen) atoms. The number of carbonyl (C=O) groups excluding carboxylic acids is 4. The topological polar surface area (TPSA) is 154 Å². The van der Waals surface area contributed by atoms with E-state index in [1.54, 1.807) is 65.8 Å². The highest BCUT2D eigenvalue weighted by molar-refractivity contribution is 5.93. The van der Waals surface area contributed by atoms with Crippen molar-refractivity contribution in [2.45, 2.75) is 91.0 Å². The third kappa shape index (κ3) is 10.8. The number of ether oxygens (including phenoxy) is 2. The fraction of sp³-hybridized carbons (Fsp3) is 0.500. The molecule has 0 aliphatic carbocycles. The molecule has 0 saturated heterocycles. The molecule has 0 heterocycles. The number of alkyl carbamates (subject to hydrolysis) is 1. The van der Waals surface area contributed by atoms with Crippen molar-refractivity contribution in [1.29, 1.82) is 0 Å². The van der Waals surface area contributed by atoms with Crippen LogP contribution in [0.2, 0.25) is 0 Å². The lowest BCUT2D eigenvalue weighted by atomic mass is 9.91. The first-order valence-corrected chi connectivity index (χ1v) is 14.4. The van der Waals surface area contributed by atoms with Crippen LogP contribution in [0, 0.1) is 0 Å². The molecule has 2 aromatic carbocycles. The number of benzene rings is 2. The molecule has 2 atom stereocenters. The Balaban J connectivity index is 2.60. The minimum Gasteiger partial charge on any atom is -0.508 e. The third-order valence-electron chi connectivity index (χ3n) is 6.75. The van der Waals surface area contributed by atoms with Crippen LogP contribution in [0.4, 0.5) is 4.79 Å². The smallest absolute Gasteiger partial charge is 0.408 e. The SMILES string of the molecule is CCOC(=O)CCNC(=O)C(c1cccc(O)c1)N(C(=O)C(Cc1ccc(O)cc1)NC(=O)OC(C)(C)C)C(C)(C)CC. The van der Waals surface area contributed by atoms with Crippen molar-refractivity contribution >= 4 is 23.9 Å². The number of nitrogens with zero attached hydrogens (tertiary/aromatic N) is 1. The van der Waals surface area contributed by atoms with Crippen LogP contribution in [0.15, 0.2) is 48.5 Å². The molecule has 236 valence electrons. The van der Waals surface area contributed by atoms with Gasteiger partial charge in [0.2, 0.25) is 11.8 Å². The Bertz CT molecular complexity index is 1250. The van der Waals surface area contributed by atoms with Crippen molar-refractivity contribution in [3.63, 3.8) is 0 Å². The Hall–Kier alpha value is -4.28. The second-order valence-electron chi connectivity index (χ2n) is 11.8. The molecule has 2 rings (SSSR count). The number of nitrogens with one attached hydrogen (secondary N) is 2. The molecule has 0 radical (unpaired) electrons. The largest absolute Gasteiger partial charge is 0.508 e. The van der Waals surface area contributed by atoms with Crippen molar-refractivity contribution in [2.75, 3.05) is 13.2 Å². The standard InChI is InChI=1S/C32H45N3O8/c1-8-32(6,7)35(27(22-11-10-12-24(37)20-22)28(39)33-18-17-26(38)42-9-2)29(40)25(34-30(41)43-31(3,4)5)19-21-13-15-23(36)16-14-21/h10-16,20,25,27,36-37H,8-9,17-19H2,1-7H3,(H,33,39)(H,34,41). The number of esters is 1. The van der Waals surface area contributed by atoms with E-state index in [0.717, 1.165) is 0 Å². The second kappa shape index (κ2) is 15.3. The van der Waals surface area contributed by atoms with Gasteiger partial charge in [-0.2, -0.15) is 0 Å².